The van der Waals surface area contributed by atoms with E-state index in [1.54, 1.807) is 7.05 Å². The zero-order valence-corrected chi connectivity index (χ0v) is 11.4. The Morgan fingerprint density at radius 1 is 1.39 bits per heavy atom. The second-order valence-corrected chi connectivity index (χ2v) is 4.13. The number of thioether (sulfide) groups is 1. The minimum absolute atomic E-state index is 0.150. The summed E-state index contributed by atoms with van der Waals surface area (Å²) in [5, 5.41) is 3.24. The molecule has 0 radical (unpaired) electrons. The van der Waals surface area contributed by atoms with Crippen molar-refractivity contribution in [2.24, 2.45) is 0 Å². The van der Waals surface area contributed by atoms with E-state index in [1.165, 1.54) is 18.9 Å². The molecule has 0 saturated carbocycles. The third kappa shape index (κ3) is 4.74. The highest BCUT2D eigenvalue weighted by molar-refractivity contribution is 7.99. The monoisotopic (exact) mass is 272 g/mol. The highest BCUT2D eigenvalue weighted by Crippen LogP contribution is 2.17. The fraction of sp³-hybridized carbons (Fsp3) is 0.600. The second kappa shape index (κ2) is 7.70. The molecule has 100 valence electrons. The Kier molecular flexibility index (Phi) is 6.20. The minimum atomic E-state index is -0.331. The summed E-state index contributed by atoms with van der Waals surface area (Å²) in [6.07, 6.45) is 0.866. The van der Waals surface area contributed by atoms with Crippen molar-refractivity contribution in [1.82, 2.24) is 15.0 Å². The van der Waals surface area contributed by atoms with Gasteiger partial charge in [-0.15, -0.1) is 0 Å². The van der Waals surface area contributed by atoms with Crippen LogP contribution in [0.5, 0.6) is 6.01 Å². The van der Waals surface area contributed by atoms with Gasteiger partial charge in [0.15, 0.2) is 5.16 Å². The van der Waals surface area contributed by atoms with E-state index >= 15 is 0 Å². The molecule has 0 fully saturated rings. The van der Waals surface area contributed by atoms with E-state index < -0.39 is 0 Å². The number of nitrogens with zero attached hydrogens (tertiary/aromatic N) is 3. The lowest BCUT2D eigenvalue weighted by molar-refractivity contribution is -0.137. The maximum absolute atomic E-state index is 11.0. The van der Waals surface area contributed by atoms with Crippen LogP contribution in [0.1, 0.15) is 13.3 Å². The van der Waals surface area contributed by atoms with Crippen molar-refractivity contribution in [2.45, 2.75) is 18.5 Å². The number of rotatable bonds is 7. The van der Waals surface area contributed by atoms with Gasteiger partial charge in [0, 0.05) is 7.05 Å². The van der Waals surface area contributed by atoms with Gasteiger partial charge >= 0.3 is 12.0 Å². The number of carbonyl (C=O) groups excluding carboxylic acids is 1. The third-order valence-corrected chi connectivity index (χ3v) is 2.62. The standard InChI is InChI=1S/C10H16N4O3S/c1-4-5-17-9-12-8(11-2)13-10(14-9)18-6-7(15)16-3/h4-6H2,1-3H3,(H,11,12,13,14). The lowest BCUT2D eigenvalue weighted by atomic mass is 10.5. The van der Waals surface area contributed by atoms with E-state index in [0.29, 0.717) is 17.7 Å². The molecule has 18 heavy (non-hydrogen) atoms. The van der Waals surface area contributed by atoms with Crippen LogP contribution in [-0.4, -0.2) is 47.4 Å². The van der Waals surface area contributed by atoms with Crippen molar-refractivity contribution in [3.05, 3.63) is 0 Å². The number of anilines is 1. The number of methoxy groups -OCH3 is 1. The zero-order valence-electron chi connectivity index (χ0n) is 10.6. The van der Waals surface area contributed by atoms with Crippen LogP contribution in [0.25, 0.3) is 0 Å². The molecule has 8 heteroatoms. The molecule has 0 saturated heterocycles. The summed E-state index contributed by atoms with van der Waals surface area (Å²) in [5.74, 6) is 0.225. The number of esters is 1. The molecule has 0 aliphatic rings. The van der Waals surface area contributed by atoms with Gasteiger partial charge in [0.2, 0.25) is 5.95 Å². The second-order valence-electron chi connectivity index (χ2n) is 3.19. The molecule has 1 aromatic rings. The molecule has 0 aromatic carbocycles. The molecule has 1 N–H and O–H groups in total. The number of hydrogen-bond acceptors (Lipinski definition) is 8. The van der Waals surface area contributed by atoms with Gasteiger partial charge in [-0.05, 0) is 6.42 Å². The third-order valence-electron chi connectivity index (χ3n) is 1.80. The number of carbonyl (C=O) groups is 1. The average Bonchev–Trinajstić information content (AvgIpc) is 2.42. The number of hydrogen-bond donors (Lipinski definition) is 1. The van der Waals surface area contributed by atoms with Gasteiger partial charge in [0.25, 0.3) is 0 Å². The van der Waals surface area contributed by atoms with Crippen LogP contribution >= 0.6 is 11.8 Å². The molecule has 0 bridgehead atoms. The topological polar surface area (TPSA) is 86.2 Å². The lowest BCUT2D eigenvalue weighted by Crippen LogP contribution is -2.08. The summed E-state index contributed by atoms with van der Waals surface area (Å²) < 4.78 is 9.89. The molecule has 0 atom stereocenters. The van der Waals surface area contributed by atoms with Crippen LogP contribution in [0.4, 0.5) is 5.95 Å². The van der Waals surface area contributed by atoms with Gasteiger partial charge < -0.3 is 14.8 Å². The quantitative estimate of drug-likeness (QED) is 0.580. The van der Waals surface area contributed by atoms with Crippen molar-refractivity contribution in [3.8, 4) is 6.01 Å². The lowest BCUT2D eigenvalue weighted by Gasteiger charge is -2.06. The Bertz CT molecular complexity index is 403. The van der Waals surface area contributed by atoms with E-state index in [1.807, 2.05) is 6.92 Å². The Labute approximate surface area is 110 Å². The van der Waals surface area contributed by atoms with Crippen LogP contribution < -0.4 is 10.1 Å². The van der Waals surface area contributed by atoms with Gasteiger partial charge in [0.1, 0.15) is 0 Å². The predicted molar refractivity (Wildman–Crippen MR) is 67.9 cm³/mol. The first-order valence-electron chi connectivity index (χ1n) is 5.45. The molecule has 0 aliphatic heterocycles. The molecule has 0 amide bonds. The van der Waals surface area contributed by atoms with Gasteiger partial charge in [-0.1, -0.05) is 18.7 Å². The summed E-state index contributed by atoms with van der Waals surface area (Å²) in [7, 11) is 3.04. The van der Waals surface area contributed by atoms with E-state index in [-0.39, 0.29) is 17.7 Å². The molecule has 0 spiro atoms. The summed E-state index contributed by atoms with van der Waals surface area (Å²) in [6, 6.07) is 0.253. The van der Waals surface area contributed by atoms with Crippen LogP contribution in [0.2, 0.25) is 0 Å². The van der Waals surface area contributed by atoms with Crippen molar-refractivity contribution in [2.75, 3.05) is 31.8 Å². The molecule has 1 aromatic heterocycles. The van der Waals surface area contributed by atoms with E-state index in [9.17, 15) is 4.79 Å². The Morgan fingerprint density at radius 3 is 2.78 bits per heavy atom. The van der Waals surface area contributed by atoms with E-state index in [0.717, 1.165) is 6.42 Å². The van der Waals surface area contributed by atoms with Crippen molar-refractivity contribution in [3.63, 3.8) is 0 Å². The first-order valence-corrected chi connectivity index (χ1v) is 6.44. The number of ether oxygens (including phenoxy) is 2. The van der Waals surface area contributed by atoms with Crippen LogP contribution in [0, 0.1) is 0 Å². The number of nitrogens with one attached hydrogen (secondary N) is 1. The van der Waals surface area contributed by atoms with Crippen LogP contribution in [0.3, 0.4) is 0 Å². The largest absolute Gasteiger partial charge is 0.468 e. The van der Waals surface area contributed by atoms with Gasteiger partial charge in [-0.2, -0.15) is 15.0 Å². The molecule has 0 aliphatic carbocycles. The average molecular weight is 272 g/mol. The zero-order chi connectivity index (χ0) is 13.4. The summed E-state index contributed by atoms with van der Waals surface area (Å²) in [5.41, 5.74) is 0. The smallest absolute Gasteiger partial charge is 0.322 e. The van der Waals surface area contributed by atoms with Crippen molar-refractivity contribution < 1.29 is 14.3 Å². The maximum atomic E-state index is 11.0. The van der Waals surface area contributed by atoms with Crippen LogP contribution in [-0.2, 0) is 9.53 Å². The van der Waals surface area contributed by atoms with Gasteiger partial charge in [-0.25, -0.2) is 0 Å². The minimum Gasteiger partial charge on any atom is -0.468 e. The molecule has 1 rings (SSSR count). The van der Waals surface area contributed by atoms with Gasteiger partial charge in [-0.3, -0.25) is 4.79 Å². The van der Waals surface area contributed by atoms with Crippen molar-refractivity contribution >= 4 is 23.7 Å². The number of aromatic nitrogens is 3. The fourth-order valence-electron chi connectivity index (χ4n) is 0.955. The highest BCUT2D eigenvalue weighted by atomic mass is 32.2. The summed E-state index contributed by atoms with van der Waals surface area (Å²) in [4.78, 5) is 23.3. The molecule has 1 heterocycles. The Morgan fingerprint density at radius 2 is 2.17 bits per heavy atom. The molecule has 7 nitrogen and oxygen atoms in total. The van der Waals surface area contributed by atoms with Crippen molar-refractivity contribution in [1.29, 1.82) is 0 Å². The summed E-state index contributed by atoms with van der Waals surface area (Å²) in [6.45, 7) is 2.53. The molecular formula is C10H16N4O3S. The Balaban J connectivity index is 2.73. The Hall–Kier alpha value is -1.57. The fourth-order valence-corrected chi connectivity index (χ4v) is 1.61. The summed E-state index contributed by atoms with van der Waals surface area (Å²) >= 11 is 1.17. The van der Waals surface area contributed by atoms with Crippen LogP contribution in [0.15, 0.2) is 5.16 Å². The normalized spacial score (nSPS) is 9.94. The van der Waals surface area contributed by atoms with Gasteiger partial charge in [0.05, 0.1) is 19.5 Å². The molecular weight excluding hydrogens is 256 g/mol. The first-order chi connectivity index (χ1) is 8.69. The first kappa shape index (κ1) is 14.5. The predicted octanol–water partition coefficient (Wildman–Crippen LogP) is 0.967. The SMILES string of the molecule is CCCOc1nc(NC)nc(SCC(=O)OC)n1. The van der Waals surface area contributed by atoms with E-state index in [2.05, 4.69) is 25.0 Å². The maximum Gasteiger partial charge on any atom is 0.322 e. The highest BCUT2D eigenvalue weighted by Gasteiger charge is 2.09. The molecule has 0 unspecified atom stereocenters. The van der Waals surface area contributed by atoms with E-state index in [4.69, 9.17) is 4.74 Å².